The van der Waals surface area contributed by atoms with E-state index < -0.39 is 0 Å². The van der Waals surface area contributed by atoms with Crippen molar-refractivity contribution in [1.82, 2.24) is 0 Å². The van der Waals surface area contributed by atoms with Crippen LogP contribution in [0.3, 0.4) is 0 Å². The molecular formula is C16H21O2P. The molecular weight excluding hydrogens is 255 g/mol. The number of carbonyl (C=O) groups excluding carboxylic acids is 1. The lowest BCUT2D eigenvalue weighted by molar-refractivity contribution is 0.0967. The lowest BCUT2D eigenvalue weighted by Crippen LogP contribution is -2.24. The lowest BCUT2D eigenvalue weighted by Gasteiger charge is -2.18. The SMILES string of the molecule is Cc1cc(C)c(C(=O)C(P=O)C2CCCC2)c(C)c1. The smallest absolute Gasteiger partial charge is 0.178 e. The van der Waals surface area contributed by atoms with E-state index in [1.807, 2.05) is 32.9 Å². The van der Waals surface area contributed by atoms with E-state index in [1.54, 1.807) is 0 Å². The van der Waals surface area contributed by atoms with Gasteiger partial charge in [0.2, 0.25) is 0 Å². The predicted molar refractivity (Wildman–Crippen MR) is 78.3 cm³/mol. The summed E-state index contributed by atoms with van der Waals surface area (Å²) in [4.78, 5) is 12.7. The second-order valence-corrected chi connectivity index (χ2v) is 6.50. The van der Waals surface area contributed by atoms with Crippen molar-refractivity contribution in [2.75, 3.05) is 0 Å². The van der Waals surface area contributed by atoms with Crippen LogP contribution in [0.5, 0.6) is 0 Å². The number of rotatable bonds is 4. The highest BCUT2D eigenvalue weighted by Crippen LogP contribution is 2.36. The molecule has 1 saturated carbocycles. The van der Waals surface area contributed by atoms with E-state index in [0.29, 0.717) is 5.92 Å². The molecule has 1 aliphatic carbocycles. The average molecular weight is 276 g/mol. The number of benzene rings is 1. The Kier molecular flexibility index (Phi) is 4.52. The van der Waals surface area contributed by atoms with E-state index in [1.165, 1.54) is 5.56 Å². The number of carbonyl (C=O) groups is 1. The third-order valence-corrected chi connectivity index (χ3v) is 5.04. The molecule has 1 atom stereocenters. The fourth-order valence-electron chi connectivity index (χ4n) is 3.34. The fraction of sp³-hybridized carbons (Fsp3) is 0.562. The van der Waals surface area contributed by atoms with Crippen LogP contribution >= 0.6 is 8.46 Å². The van der Waals surface area contributed by atoms with Crippen LogP contribution in [0.1, 0.15) is 52.7 Å². The molecule has 1 aromatic rings. The summed E-state index contributed by atoms with van der Waals surface area (Å²) in [5, 5.41) is 0. The maximum atomic E-state index is 12.7. The van der Waals surface area contributed by atoms with Gasteiger partial charge in [-0.1, -0.05) is 30.5 Å². The van der Waals surface area contributed by atoms with Crippen LogP contribution in [-0.4, -0.2) is 11.4 Å². The molecule has 0 radical (unpaired) electrons. The summed E-state index contributed by atoms with van der Waals surface area (Å²) in [5.74, 6) is 0.366. The molecule has 0 amide bonds. The first-order valence-corrected chi connectivity index (χ1v) is 7.87. The maximum Gasteiger partial charge on any atom is 0.178 e. The number of hydrogen-bond donors (Lipinski definition) is 0. The van der Waals surface area contributed by atoms with Crippen molar-refractivity contribution in [3.05, 3.63) is 34.4 Å². The molecule has 0 aliphatic heterocycles. The Morgan fingerprint density at radius 2 is 1.68 bits per heavy atom. The molecule has 1 fully saturated rings. The topological polar surface area (TPSA) is 34.1 Å². The van der Waals surface area contributed by atoms with Gasteiger partial charge in [-0.2, -0.15) is 0 Å². The summed E-state index contributed by atoms with van der Waals surface area (Å²) in [6.45, 7) is 5.98. The third-order valence-electron chi connectivity index (χ3n) is 4.15. The molecule has 0 spiro atoms. The van der Waals surface area contributed by atoms with Crippen LogP contribution < -0.4 is 0 Å². The van der Waals surface area contributed by atoms with Crippen LogP contribution in [0, 0.1) is 26.7 Å². The summed E-state index contributed by atoms with van der Waals surface area (Å²) in [6.07, 6.45) is 4.40. The van der Waals surface area contributed by atoms with E-state index in [-0.39, 0.29) is 19.9 Å². The van der Waals surface area contributed by atoms with Crippen LogP contribution in [0.25, 0.3) is 0 Å². The van der Waals surface area contributed by atoms with E-state index in [9.17, 15) is 9.36 Å². The monoisotopic (exact) mass is 276 g/mol. The van der Waals surface area contributed by atoms with Gasteiger partial charge in [-0.15, -0.1) is 0 Å². The molecule has 0 heterocycles. The predicted octanol–water partition coefficient (Wildman–Crippen LogP) is 4.65. The summed E-state index contributed by atoms with van der Waals surface area (Å²) >= 11 is 0. The standard InChI is InChI=1S/C16H21O2P/c1-10-8-11(2)14(12(3)9-10)15(17)16(19-18)13-6-4-5-7-13/h8-9,13,16H,4-7H2,1-3H3. The molecule has 2 rings (SSSR count). The highest BCUT2D eigenvalue weighted by atomic mass is 31.1. The van der Waals surface area contributed by atoms with Gasteiger partial charge in [0.15, 0.2) is 14.2 Å². The minimum absolute atomic E-state index is 0.0143. The third kappa shape index (κ3) is 2.95. The van der Waals surface area contributed by atoms with Gasteiger partial charge in [-0.25, -0.2) is 0 Å². The Morgan fingerprint density at radius 3 is 2.16 bits per heavy atom. The van der Waals surface area contributed by atoms with Gasteiger partial charge in [-0.05, 0) is 50.7 Å². The molecule has 102 valence electrons. The maximum absolute atomic E-state index is 12.7. The van der Waals surface area contributed by atoms with Crippen molar-refractivity contribution in [1.29, 1.82) is 0 Å². The van der Waals surface area contributed by atoms with Crippen molar-refractivity contribution in [2.24, 2.45) is 5.92 Å². The molecule has 19 heavy (non-hydrogen) atoms. The minimum Gasteiger partial charge on any atom is -0.293 e. The molecule has 1 aliphatic rings. The molecule has 0 N–H and O–H groups in total. The molecule has 0 bridgehead atoms. The van der Waals surface area contributed by atoms with Gasteiger partial charge in [0.25, 0.3) is 0 Å². The lowest BCUT2D eigenvalue weighted by atomic mass is 9.90. The van der Waals surface area contributed by atoms with Crippen molar-refractivity contribution >= 4 is 14.2 Å². The normalized spacial score (nSPS) is 17.8. The Hall–Kier alpha value is -1.01. The van der Waals surface area contributed by atoms with Gasteiger partial charge >= 0.3 is 0 Å². The summed E-state index contributed by atoms with van der Waals surface area (Å²) < 4.78 is 11.5. The average Bonchev–Trinajstić information content (AvgIpc) is 2.82. The van der Waals surface area contributed by atoms with Gasteiger partial charge in [0.05, 0.1) is 0 Å². The number of aryl methyl sites for hydroxylation is 3. The zero-order valence-electron chi connectivity index (χ0n) is 11.9. The van der Waals surface area contributed by atoms with Gasteiger partial charge < -0.3 is 0 Å². The van der Waals surface area contributed by atoms with Gasteiger partial charge in [0.1, 0.15) is 5.66 Å². The molecule has 1 unspecified atom stereocenters. The van der Waals surface area contributed by atoms with Crippen molar-refractivity contribution in [3.8, 4) is 0 Å². The number of Topliss-reactive ketones (excluding diaryl/α,β-unsaturated/α-hetero) is 1. The first kappa shape index (κ1) is 14.4. The summed E-state index contributed by atoms with van der Waals surface area (Å²) in [6, 6.07) is 4.07. The highest BCUT2D eigenvalue weighted by Gasteiger charge is 2.33. The quantitative estimate of drug-likeness (QED) is 0.592. The number of hydrogen-bond acceptors (Lipinski definition) is 2. The van der Waals surface area contributed by atoms with Crippen LogP contribution in [0.15, 0.2) is 12.1 Å². The molecule has 0 saturated heterocycles. The molecule has 2 nitrogen and oxygen atoms in total. The molecule has 3 heteroatoms. The summed E-state index contributed by atoms with van der Waals surface area (Å²) in [5.41, 5.74) is 3.63. The number of ketones is 1. The minimum atomic E-state index is -0.345. The van der Waals surface area contributed by atoms with E-state index >= 15 is 0 Å². The van der Waals surface area contributed by atoms with E-state index in [0.717, 1.165) is 42.4 Å². The Balaban J connectivity index is 2.34. The van der Waals surface area contributed by atoms with Crippen LogP contribution in [-0.2, 0) is 4.57 Å². The van der Waals surface area contributed by atoms with Gasteiger partial charge in [-0.3, -0.25) is 9.36 Å². The van der Waals surface area contributed by atoms with Crippen molar-refractivity contribution < 1.29 is 9.36 Å². The Morgan fingerprint density at radius 1 is 1.16 bits per heavy atom. The highest BCUT2D eigenvalue weighted by molar-refractivity contribution is 7.26. The van der Waals surface area contributed by atoms with Gasteiger partial charge in [0, 0.05) is 5.56 Å². The Labute approximate surface area is 116 Å². The second-order valence-electron chi connectivity index (χ2n) is 5.73. The first-order valence-electron chi connectivity index (χ1n) is 6.99. The zero-order valence-corrected chi connectivity index (χ0v) is 12.8. The largest absolute Gasteiger partial charge is 0.293 e. The van der Waals surface area contributed by atoms with Crippen molar-refractivity contribution in [2.45, 2.75) is 52.1 Å². The van der Waals surface area contributed by atoms with E-state index in [4.69, 9.17) is 0 Å². The van der Waals surface area contributed by atoms with Crippen LogP contribution in [0.4, 0.5) is 0 Å². The van der Waals surface area contributed by atoms with Crippen LogP contribution in [0.2, 0.25) is 0 Å². The first-order chi connectivity index (χ1) is 9.04. The van der Waals surface area contributed by atoms with E-state index in [2.05, 4.69) is 0 Å². The van der Waals surface area contributed by atoms with Crippen molar-refractivity contribution in [3.63, 3.8) is 0 Å². The summed E-state index contributed by atoms with van der Waals surface area (Å²) in [7, 11) is -0.0143. The molecule has 1 aromatic carbocycles. The second kappa shape index (κ2) is 5.96. The zero-order chi connectivity index (χ0) is 14.0. The Bertz CT molecular complexity index is 478. The molecule has 0 aromatic heterocycles. The fourth-order valence-corrected chi connectivity index (χ4v) is 4.03.